The van der Waals surface area contributed by atoms with Crippen molar-refractivity contribution in [2.24, 2.45) is 0 Å². The Hall–Kier alpha value is -4.90. The zero-order chi connectivity index (χ0) is 37.7. The summed E-state index contributed by atoms with van der Waals surface area (Å²) < 4.78 is 96.5. The molecule has 1 N–H and O–H groups in total. The quantitative estimate of drug-likeness (QED) is 0.115. The second kappa shape index (κ2) is 13.6. The lowest BCUT2D eigenvalue weighted by molar-refractivity contribution is 0.483. The molecule has 0 unspecified atom stereocenters. The summed E-state index contributed by atoms with van der Waals surface area (Å²) in [7, 11) is -2.29. The van der Waals surface area contributed by atoms with Gasteiger partial charge in [0.15, 0.2) is 0 Å². The molecule has 0 amide bonds. The molecule has 15 heteroatoms. The summed E-state index contributed by atoms with van der Waals surface area (Å²) in [5, 5.41) is 1.29. The maximum atomic E-state index is 12.6. The minimum absolute atomic E-state index is 0.159. The van der Waals surface area contributed by atoms with Crippen LogP contribution in [0.2, 0.25) is 0 Å². The predicted molar refractivity (Wildman–Crippen MR) is 202 cm³/mol. The fourth-order valence-electron chi connectivity index (χ4n) is 5.88. The van der Waals surface area contributed by atoms with Crippen LogP contribution in [-0.4, -0.2) is 80.7 Å². The van der Waals surface area contributed by atoms with Crippen molar-refractivity contribution < 1.29 is 34.2 Å². The Balaban J connectivity index is 1.55. The fraction of sp³-hybridized carbons (Fsp3) is 0.162. The molecular weight excluding hydrogens is 725 g/mol. The molecule has 270 valence electrons. The maximum Gasteiger partial charge on any atom is 0.295 e. The Bertz CT molecular complexity index is 2710. The first-order valence-electron chi connectivity index (χ1n) is 15.8. The van der Waals surface area contributed by atoms with Crippen LogP contribution in [0.4, 0.5) is 17.1 Å². The van der Waals surface area contributed by atoms with Gasteiger partial charge in [0.25, 0.3) is 10.1 Å². The van der Waals surface area contributed by atoms with Gasteiger partial charge in [0.1, 0.15) is 23.3 Å². The normalized spacial score (nSPS) is 13.2. The van der Waals surface area contributed by atoms with Gasteiger partial charge in [-0.25, -0.2) is 25.4 Å². The number of sulfonamides is 2. The standard InChI is InChI=1S/C37H36N4O8S3/c1-38(2)50(42,43)29-17-11-25(12-18-29)40(5)27-15-21-31-34(23-27)49-35-24-28(41(6)26-13-19-30(20-14-26)51(44,45)39(3)4)16-22-32(35)37(31)33-9-7-8-10-36(33)52(46,47)48/h7-24H,1-6H3/p+1. The summed E-state index contributed by atoms with van der Waals surface area (Å²) in [4.78, 5) is 1.92. The number of anilines is 2. The molecule has 1 heterocycles. The van der Waals surface area contributed by atoms with E-state index in [0.717, 1.165) is 8.61 Å². The van der Waals surface area contributed by atoms with E-state index in [4.69, 9.17) is 4.42 Å². The summed E-state index contributed by atoms with van der Waals surface area (Å²) >= 11 is 0. The SMILES string of the molecule is CN(c1ccc(S(=O)(=O)N(C)C)cc1)c1ccc2c(-c3ccccc3S(=O)(=O)O)c3ccc(=[N+](C)c4ccc(S(=O)(=O)N(C)C)cc4)cc-3oc2c1. The number of rotatable bonds is 9. The van der Waals surface area contributed by atoms with Gasteiger partial charge in [0.05, 0.1) is 15.9 Å². The summed E-state index contributed by atoms with van der Waals surface area (Å²) in [5.41, 5.74) is 3.95. The number of hydrogen-bond donors (Lipinski definition) is 1. The summed E-state index contributed by atoms with van der Waals surface area (Å²) in [6.45, 7) is 0. The van der Waals surface area contributed by atoms with Crippen molar-refractivity contribution >= 4 is 58.2 Å². The van der Waals surface area contributed by atoms with E-state index in [1.807, 2.05) is 47.8 Å². The Kier molecular flexibility index (Phi) is 9.63. The van der Waals surface area contributed by atoms with Crippen LogP contribution >= 0.6 is 0 Å². The van der Waals surface area contributed by atoms with Gasteiger partial charge in [-0.05, 0) is 60.7 Å². The third kappa shape index (κ3) is 6.74. The molecule has 6 rings (SSSR count). The number of fused-ring (bicyclic) bond motifs is 2. The minimum Gasteiger partial charge on any atom is -0.456 e. The molecule has 0 bridgehead atoms. The van der Waals surface area contributed by atoms with Gasteiger partial charge in [-0.3, -0.25) is 4.55 Å². The second-order valence-corrected chi connectivity index (χ2v) is 18.2. The van der Waals surface area contributed by atoms with E-state index >= 15 is 0 Å². The Labute approximate surface area is 303 Å². The van der Waals surface area contributed by atoms with Crippen LogP contribution in [0.25, 0.3) is 33.4 Å². The lowest BCUT2D eigenvalue weighted by atomic mass is 9.93. The van der Waals surface area contributed by atoms with Crippen molar-refractivity contribution in [1.29, 1.82) is 0 Å². The van der Waals surface area contributed by atoms with Crippen molar-refractivity contribution in [2.45, 2.75) is 14.7 Å². The first kappa shape index (κ1) is 36.9. The monoisotopic (exact) mass is 761 g/mol. The van der Waals surface area contributed by atoms with Gasteiger partial charge in [0.2, 0.25) is 31.1 Å². The highest BCUT2D eigenvalue weighted by atomic mass is 32.2. The second-order valence-electron chi connectivity index (χ2n) is 12.5. The van der Waals surface area contributed by atoms with E-state index in [1.54, 1.807) is 48.5 Å². The molecule has 12 nitrogen and oxygen atoms in total. The minimum atomic E-state index is -4.61. The molecule has 1 aliphatic heterocycles. The zero-order valence-electron chi connectivity index (χ0n) is 29.2. The molecule has 1 aliphatic carbocycles. The van der Waals surface area contributed by atoms with E-state index in [1.165, 1.54) is 64.6 Å². The molecule has 2 aliphatic rings. The molecule has 0 aromatic heterocycles. The van der Waals surface area contributed by atoms with Gasteiger partial charge in [-0.1, -0.05) is 18.2 Å². The van der Waals surface area contributed by atoms with Crippen LogP contribution in [0.1, 0.15) is 0 Å². The van der Waals surface area contributed by atoms with Gasteiger partial charge >= 0.3 is 0 Å². The van der Waals surface area contributed by atoms with Crippen molar-refractivity contribution in [3.8, 4) is 22.5 Å². The van der Waals surface area contributed by atoms with E-state index in [0.29, 0.717) is 50.3 Å². The average molecular weight is 762 g/mol. The van der Waals surface area contributed by atoms with Gasteiger partial charge < -0.3 is 9.32 Å². The average Bonchev–Trinajstić information content (AvgIpc) is 3.12. The molecule has 0 fully saturated rings. The number of benzene rings is 5. The molecule has 0 saturated carbocycles. The third-order valence-electron chi connectivity index (χ3n) is 8.90. The van der Waals surface area contributed by atoms with Crippen LogP contribution in [0, 0.1) is 0 Å². The Morgan fingerprint density at radius 3 is 1.75 bits per heavy atom. The lowest BCUT2D eigenvalue weighted by Crippen LogP contribution is -2.23. The largest absolute Gasteiger partial charge is 0.456 e. The third-order valence-corrected chi connectivity index (χ3v) is 13.5. The smallest absolute Gasteiger partial charge is 0.295 e. The molecule has 0 radical (unpaired) electrons. The van der Waals surface area contributed by atoms with Crippen LogP contribution in [0.15, 0.2) is 128 Å². The highest BCUT2D eigenvalue weighted by Crippen LogP contribution is 2.43. The van der Waals surface area contributed by atoms with E-state index in [9.17, 15) is 29.8 Å². The summed E-state index contributed by atoms with van der Waals surface area (Å²) in [5.74, 6) is 0.418. The first-order chi connectivity index (χ1) is 24.4. The van der Waals surface area contributed by atoms with Crippen molar-refractivity contribution in [2.75, 3.05) is 47.2 Å². The Morgan fingerprint density at radius 1 is 0.615 bits per heavy atom. The summed E-state index contributed by atoms with van der Waals surface area (Å²) in [6.07, 6.45) is 0. The summed E-state index contributed by atoms with van der Waals surface area (Å²) in [6, 6.07) is 30.1. The van der Waals surface area contributed by atoms with E-state index in [-0.39, 0.29) is 20.2 Å². The number of nitrogens with zero attached hydrogens (tertiary/aromatic N) is 4. The van der Waals surface area contributed by atoms with Crippen LogP contribution in [0.3, 0.4) is 0 Å². The zero-order valence-corrected chi connectivity index (χ0v) is 31.7. The van der Waals surface area contributed by atoms with E-state index in [2.05, 4.69) is 0 Å². The maximum absolute atomic E-state index is 12.6. The van der Waals surface area contributed by atoms with Crippen LogP contribution in [0.5, 0.6) is 0 Å². The van der Waals surface area contributed by atoms with E-state index < -0.39 is 30.2 Å². The molecule has 0 spiro atoms. The highest BCUT2D eigenvalue weighted by Gasteiger charge is 2.25. The Morgan fingerprint density at radius 2 is 1.17 bits per heavy atom. The fourth-order valence-corrected chi connectivity index (χ4v) is 8.38. The molecular formula is C37H37N4O8S3+. The first-order valence-corrected chi connectivity index (χ1v) is 20.2. The van der Waals surface area contributed by atoms with Crippen LogP contribution in [-0.2, 0) is 30.2 Å². The van der Waals surface area contributed by atoms with Crippen molar-refractivity contribution in [3.05, 3.63) is 115 Å². The highest BCUT2D eigenvalue weighted by molar-refractivity contribution is 7.89. The lowest BCUT2D eigenvalue weighted by Gasteiger charge is -2.22. The topological polar surface area (TPSA) is 149 Å². The molecule has 0 saturated heterocycles. The van der Waals surface area contributed by atoms with Gasteiger partial charge in [-0.2, -0.15) is 13.0 Å². The molecule has 4 aromatic rings. The predicted octanol–water partition coefficient (Wildman–Crippen LogP) is 5.45. The molecule has 52 heavy (non-hydrogen) atoms. The molecule has 0 atom stereocenters. The molecule has 4 aromatic carbocycles. The van der Waals surface area contributed by atoms with Crippen molar-refractivity contribution in [1.82, 2.24) is 13.2 Å². The van der Waals surface area contributed by atoms with Gasteiger partial charge in [-0.15, -0.1) is 0 Å². The van der Waals surface area contributed by atoms with Crippen molar-refractivity contribution in [3.63, 3.8) is 0 Å². The van der Waals surface area contributed by atoms with Gasteiger partial charge in [0, 0.05) is 93.0 Å². The number of hydrogen-bond acceptors (Lipinski definition) is 8. The van der Waals surface area contributed by atoms with Crippen LogP contribution < -0.4 is 14.8 Å².